The Morgan fingerprint density at radius 2 is 2.04 bits per heavy atom. The molecule has 23 heavy (non-hydrogen) atoms. The van der Waals surface area contributed by atoms with Crippen molar-refractivity contribution in [2.75, 3.05) is 26.6 Å². The van der Waals surface area contributed by atoms with Crippen LogP contribution in [0.3, 0.4) is 0 Å². The second kappa shape index (κ2) is 6.22. The van der Waals surface area contributed by atoms with Crippen LogP contribution >= 0.6 is 11.8 Å². The maximum atomic E-state index is 12.1. The molecule has 0 bridgehead atoms. The lowest BCUT2D eigenvalue weighted by molar-refractivity contribution is 0.171. The van der Waals surface area contributed by atoms with Gasteiger partial charge in [-0.3, -0.25) is 4.79 Å². The number of methoxy groups -OCH3 is 1. The Bertz CT molecular complexity index is 857. The van der Waals surface area contributed by atoms with E-state index in [1.165, 1.54) is 18.9 Å². The number of hydrogen-bond donors (Lipinski definition) is 1. The van der Waals surface area contributed by atoms with Gasteiger partial charge in [-0.25, -0.2) is 4.98 Å². The van der Waals surface area contributed by atoms with Gasteiger partial charge in [-0.15, -0.1) is 0 Å². The van der Waals surface area contributed by atoms with Crippen LogP contribution < -0.4 is 19.8 Å². The molecule has 1 aliphatic heterocycles. The Morgan fingerprint density at radius 1 is 1.35 bits per heavy atom. The zero-order valence-electron chi connectivity index (χ0n) is 12.5. The predicted octanol–water partition coefficient (Wildman–Crippen LogP) is 1.81. The Balaban J connectivity index is 2.28. The number of H-pyrrole nitrogens is 1. The summed E-state index contributed by atoms with van der Waals surface area (Å²) in [5, 5.41) is 9.73. The van der Waals surface area contributed by atoms with Gasteiger partial charge >= 0.3 is 0 Å². The van der Waals surface area contributed by atoms with Crippen molar-refractivity contribution in [2.24, 2.45) is 0 Å². The summed E-state index contributed by atoms with van der Waals surface area (Å²) in [5.74, 6) is 1.55. The highest BCUT2D eigenvalue weighted by Gasteiger charge is 2.22. The third kappa shape index (κ3) is 2.71. The monoisotopic (exact) mass is 331 g/mol. The van der Waals surface area contributed by atoms with Gasteiger partial charge in [-0.05, 0) is 12.3 Å². The van der Waals surface area contributed by atoms with Crippen molar-refractivity contribution in [1.82, 2.24) is 9.97 Å². The van der Waals surface area contributed by atoms with E-state index in [4.69, 9.17) is 14.2 Å². The molecule has 2 heterocycles. The molecule has 0 fully saturated rings. The number of fused-ring (bicyclic) bond motifs is 1. The average Bonchev–Trinajstić information content (AvgIpc) is 2.59. The van der Waals surface area contributed by atoms with Gasteiger partial charge in [0.05, 0.1) is 7.11 Å². The summed E-state index contributed by atoms with van der Waals surface area (Å²) in [6.07, 6.45) is 1.79. The van der Waals surface area contributed by atoms with Crippen LogP contribution in [0, 0.1) is 11.3 Å². The van der Waals surface area contributed by atoms with Crippen molar-refractivity contribution < 1.29 is 14.2 Å². The minimum atomic E-state index is -0.487. The molecule has 0 saturated heterocycles. The molecule has 0 amide bonds. The number of nitrogens with one attached hydrogen (secondary N) is 1. The van der Waals surface area contributed by atoms with E-state index in [2.05, 4.69) is 9.97 Å². The molecule has 3 rings (SSSR count). The molecule has 0 unspecified atom stereocenters. The molecule has 118 valence electrons. The summed E-state index contributed by atoms with van der Waals surface area (Å²) < 4.78 is 16.5. The normalized spacial score (nSPS) is 12.6. The van der Waals surface area contributed by atoms with Gasteiger partial charge in [0.1, 0.15) is 36.3 Å². The first-order valence-electron chi connectivity index (χ1n) is 6.74. The topological polar surface area (TPSA) is 97.2 Å². The quantitative estimate of drug-likeness (QED) is 0.676. The van der Waals surface area contributed by atoms with Gasteiger partial charge in [0.25, 0.3) is 5.56 Å². The zero-order valence-corrected chi connectivity index (χ0v) is 13.3. The van der Waals surface area contributed by atoms with E-state index >= 15 is 0 Å². The van der Waals surface area contributed by atoms with Crippen LogP contribution in [0.5, 0.6) is 17.2 Å². The first kappa shape index (κ1) is 15.2. The van der Waals surface area contributed by atoms with E-state index in [0.29, 0.717) is 41.2 Å². The number of rotatable bonds is 3. The van der Waals surface area contributed by atoms with Gasteiger partial charge in [-0.1, -0.05) is 11.8 Å². The number of ether oxygens (including phenoxy) is 3. The van der Waals surface area contributed by atoms with Crippen LogP contribution in [0.2, 0.25) is 0 Å². The highest BCUT2D eigenvalue weighted by atomic mass is 32.2. The van der Waals surface area contributed by atoms with Crippen molar-refractivity contribution in [3.8, 4) is 34.6 Å². The van der Waals surface area contributed by atoms with Crippen LogP contribution in [0.25, 0.3) is 11.3 Å². The standard InChI is InChI=1S/C15H13N3O4S/c1-20-10-6-12-11(21-3-4-22-12)5-8(10)13-9(7-16)14(19)18-15(17-13)23-2/h5-6H,3-4H2,1-2H3,(H,17,18,19). The summed E-state index contributed by atoms with van der Waals surface area (Å²) >= 11 is 1.28. The molecule has 1 aliphatic rings. The molecule has 0 spiro atoms. The smallest absolute Gasteiger partial charge is 0.270 e. The van der Waals surface area contributed by atoms with E-state index in [1.807, 2.05) is 6.07 Å². The van der Waals surface area contributed by atoms with Crippen molar-refractivity contribution in [3.05, 3.63) is 28.0 Å². The van der Waals surface area contributed by atoms with Crippen molar-refractivity contribution in [2.45, 2.75) is 5.16 Å². The molecular formula is C15H13N3O4S. The highest BCUT2D eigenvalue weighted by molar-refractivity contribution is 7.98. The van der Waals surface area contributed by atoms with Crippen LogP contribution in [-0.4, -0.2) is 36.5 Å². The van der Waals surface area contributed by atoms with E-state index in [-0.39, 0.29) is 11.3 Å². The van der Waals surface area contributed by atoms with Gasteiger partial charge < -0.3 is 19.2 Å². The lowest BCUT2D eigenvalue weighted by Crippen LogP contribution is -2.17. The molecule has 1 N–H and O–H groups in total. The van der Waals surface area contributed by atoms with Gasteiger partial charge in [-0.2, -0.15) is 5.26 Å². The van der Waals surface area contributed by atoms with Crippen LogP contribution in [-0.2, 0) is 0 Å². The van der Waals surface area contributed by atoms with Crippen LogP contribution in [0.4, 0.5) is 0 Å². The number of aromatic amines is 1. The fraction of sp³-hybridized carbons (Fsp3) is 0.267. The van der Waals surface area contributed by atoms with Crippen molar-refractivity contribution >= 4 is 11.8 Å². The van der Waals surface area contributed by atoms with Gasteiger partial charge in [0.15, 0.2) is 16.7 Å². The van der Waals surface area contributed by atoms with Crippen molar-refractivity contribution in [3.63, 3.8) is 0 Å². The van der Waals surface area contributed by atoms with E-state index < -0.39 is 5.56 Å². The summed E-state index contributed by atoms with van der Waals surface area (Å²) in [6, 6.07) is 5.26. The molecule has 8 heteroatoms. The molecule has 2 aromatic rings. The molecule has 0 saturated carbocycles. The summed E-state index contributed by atoms with van der Waals surface area (Å²) in [4.78, 5) is 19.0. The van der Waals surface area contributed by atoms with Crippen LogP contribution in [0.15, 0.2) is 22.1 Å². The fourth-order valence-corrected chi connectivity index (χ4v) is 2.65. The molecule has 0 radical (unpaired) electrons. The third-order valence-corrected chi connectivity index (χ3v) is 3.90. The predicted molar refractivity (Wildman–Crippen MR) is 84.3 cm³/mol. The average molecular weight is 331 g/mol. The largest absolute Gasteiger partial charge is 0.496 e. The Labute approximate surface area is 136 Å². The number of thioether (sulfide) groups is 1. The Kier molecular flexibility index (Phi) is 4.12. The maximum Gasteiger partial charge on any atom is 0.270 e. The molecule has 1 aromatic heterocycles. The zero-order chi connectivity index (χ0) is 16.4. The second-order valence-corrected chi connectivity index (χ2v) is 5.40. The maximum absolute atomic E-state index is 12.1. The highest BCUT2D eigenvalue weighted by Crippen LogP contribution is 2.41. The Morgan fingerprint density at radius 3 is 2.65 bits per heavy atom. The number of aromatic nitrogens is 2. The summed E-state index contributed by atoms with van der Waals surface area (Å²) in [5.41, 5.74) is 0.209. The minimum absolute atomic E-state index is 0.0715. The number of benzene rings is 1. The minimum Gasteiger partial charge on any atom is -0.496 e. The van der Waals surface area contributed by atoms with Crippen molar-refractivity contribution in [1.29, 1.82) is 5.26 Å². The molecule has 1 aromatic carbocycles. The molecule has 7 nitrogen and oxygen atoms in total. The van der Waals surface area contributed by atoms with Crippen LogP contribution in [0.1, 0.15) is 5.56 Å². The molecular weight excluding hydrogens is 318 g/mol. The molecule has 0 aliphatic carbocycles. The summed E-state index contributed by atoms with van der Waals surface area (Å²) in [7, 11) is 1.50. The van der Waals surface area contributed by atoms with E-state index in [1.54, 1.807) is 18.4 Å². The Hall–Kier alpha value is -2.66. The van der Waals surface area contributed by atoms with Gasteiger partial charge in [0.2, 0.25) is 0 Å². The lowest BCUT2D eigenvalue weighted by Gasteiger charge is -2.20. The van der Waals surface area contributed by atoms with E-state index in [0.717, 1.165) is 0 Å². The second-order valence-electron chi connectivity index (χ2n) is 4.61. The number of nitrogens with zero attached hydrogens (tertiary/aromatic N) is 2. The number of hydrogen-bond acceptors (Lipinski definition) is 7. The third-order valence-electron chi connectivity index (χ3n) is 3.32. The summed E-state index contributed by atoms with van der Waals surface area (Å²) in [6.45, 7) is 0.890. The molecule has 0 atom stereocenters. The SMILES string of the molecule is COc1cc2c(cc1-c1nc(SC)[nH]c(=O)c1C#N)OCCO2. The lowest BCUT2D eigenvalue weighted by atomic mass is 10.1. The fourth-order valence-electron chi connectivity index (χ4n) is 2.27. The van der Waals surface area contributed by atoms with Gasteiger partial charge in [0, 0.05) is 11.6 Å². The first-order valence-corrected chi connectivity index (χ1v) is 7.96. The van der Waals surface area contributed by atoms with E-state index in [9.17, 15) is 10.1 Å². The number of nitriles is 1. The first-order chi connectivity index (χ1) is 11.2.